The van der Waals surface area contributed by atoms with E-state index < -0.39 is 10.1 Å². The van der Waals surface area contributed by atoms with E-state index in [1.807, 2.05) is 18.7 Å². The summed E-state index contributed by atoms with van der Waals surface area (Å²) in [6, 6.07) is 7.10. The first-order valence-electron chi connectivity index (χ1n) is 8.60. The lowest BCUT2D eigenvalue weighted by Crippen LogP contribution is -2.36. The van der Waals surface area contributed by atoms with Crippen molar-refractivity contribution in [2.75, 3.05) is 12.4 Å². The van der Waals surface area contributed by atoms with Gasteiger partial charge >= 0.3 is 6.03 Å². The second kappa shape index (κ2) is 7.97. The van der Waals surface area contributed by atoms with E-state index in [9.17, 15) is 13.2 Å². The van der Waals surface area contributed by atoms with Crippen LogP contribution in [-0.4, -0.2) is 44.1 Å². The van der Waals surface area contributed by atoms with Gasteiger partial charge in [-0.25, -0.2) is 4.79 Å². The lowest BCUT2D eigenvalue weighted by atomic mass is 10.0. The topological polar surface area (TPSA) is 84.5 Å². The first kappa shape index (κ1) is 18.5. The molecule has 25 heavy (non-hydrogen) atoms. The van der Waals surface area contributed by atoms with Gasteiger partial charge in [-0.3, -0.25) is 4.18 Å². The van der Waals surface area contributed by atoms with Crippen molar-refractivity contribution in [1.29, 1.82) is 0 Å². The Morgan fingerprint density at radius 3 is 2.68 bits per heavy atom. The van der Waals surface area contributed by atoms with Gasteiger partial charge < -0.3 is 10.6 Å². The summed E-state index contributed by atoms with van der Waals surface area (Å²) in [4.78, 5) is 11.5. The molecule has 2 saturated heterocycles. The number of fused-ring (bicyclic) bond motifs is 1. The van der Waals surface area contributed by atoms with Crippen molar-refractivity contribution in [3.63, 3.8) is 0 Å². The van der Waals surface area contributed by atoms with Crippen LogP contribution in [0.3, 0.4) is 0 Å². The Morgan fingerprint density at radius 2 is 1.92 bits per heavy atom. The molecule has 0 bridgehead atoms. The van der Waals surface area contributed by atoms with E-state index in [1.165, 1.54) is 0 Å². The van der Waals surface area contributed by atoms with Crippen LogP contribution in [0, 0.1) is 6.92 Å². The van der Waals surface area contributed by atoms with Gasteiger partial charge in [0.25, 0.3) is 10.1 Å². The van der Waals surface area contributed by atoms with Gasteiger partial charge in [0.2, 0.25) is 0 Å². The third kappa shape index (κ3) is 4.68. The van der Waals surface area contributed by atoms with Gasteiger partial charge in [0.05, 0.1) is 23.6 Å². The normalized spacial score (nSPS) is 25.5. The summed E-state index contributed by atoms with van der Waals surface area (Å²) in [6.45, 7) is 2.12. The minimum atomic E-state index is -3.66. The number of carbonyl (C=O) groups is 1. The molecular formula is C17H24N2O4S2. The van der Waals surface area contributed by atoms with E-state index in [2.05, 4.69) is 10.6 Å². The number of thioether (sulfide) groups is 1. The molecular weight excluding hydrogens is 360 g/mol. The van der Waals surface area contributed by atoms with Crippen molar-refractivity contribution in [3.8, 4) is 0 Å². The molecule has 0 saturated carbocycles. The zero-order valence-electron chi connectivity index (χ0n) is 14.2. The van der Waals surface area contributed by atoms with E-state index in [4.69, 9.17) is 4.18 Å². The largest absolute Gasteiger partial charge is 0.332 e. The van der Waals surface area contributed by atoms with Crippen LogP contribution in [0.4, 0.5) is 4.79 Å². The number of hydrogen-bond donors (Lipinski definition) is 2. The molecule has 2 amide bonds. The van der Waals surface area contributed by atoms with E-state index >= 15 is 0 Å². The van der Waals surface area contributed by atoms with Crippen molar-refractivity contribution in [1.82, 2.24) is 10.6 Å². The molecule has 2 fully saturated rings. The molecule has 0 spiro atoms. The van der Waals surface area contributed by atoms with Gasteiger partial charge in [0, 0.05) is 11.0 Å². The molecule has 0 aliphatic carbocycles. The molecule has 6 nitrogen and oxygen atoms in total. The van der Waals surface area contributed by atoms with E-state index in [0.29, 0.717) is 11.7 Å². The molecule has 3 rings (SSSR count). The number of hydrogen-bond acceptors (Lipinski definition) is 5. The lowest BCUT2D eigenvalue weighted by molar-refractivity contribution is 0.247. The minimum Gasteiger partial charge on any atom is -0.332 e. The van der Waals surface area contributed by atoms with Gasteiger partial charge in [-0.15, -0.1) is 0 Å². The van der Waals surface area contributed by atoms with Crippen LogP contribution in [0.25, 0.3) is 0 Å². The number of urea groups is 1. The highest BCUT2D eigenvalue weighted by atomic mass is 32.2. The Bertz CT molecular complexity index is 706. The fourth-order valence-corrected chi connectivity index (χ4v) is 5.70. The molecule has 0 aromatic heterocycles. The van der Waals surface area contributed by atoms with Crippen LogP contribution >= 0.6 is 11.8 Å². The lowest BCUT2D eigenvalue weighted by Gasteiger charge is -2.16. The molecule has 3 unspecified atom stereocenters. The van der Waals surface area contributed by atoms with Gasteiger partial charge in [0.15, 0.2) is 0 Å². The molecule has 2 N–H and O–H groups in total. The number of carbonyl (C=O) groups excluding carboxylic acids is 1. The Hall–Kier alpha value is -1.25. The fraction of sp³-hybridized carbons (Fsp3) is 0.588. The maximum atomic E-state index is 12.1. The van der Waals surface area contributed by atoms with E-state index in [1.54, 1.807) is 24.3 Å². The molecule has 3 atom stereocenters. The first-order valence-corrected chi connectivity index (χ1v) is 11.1. The van der Waals surface area contributed by atoms with E-state index in [-0.39, 0.29) is 29.6 Å². The molecule has 1 aromatic rings. The number of nitrogens with one attached hydrogen (secondary N) is 2. The molecule has 0 radical (unpaired) electrons. The number of aryl methyl sites for hydroxylation is 1. The third-order valence-corrected chi connectivity index (χ3v) is 7.45. The highest BCUT2D eigenvalue weighted by Crippen LogP contribution is 2.33. The molecule has 138 valence electrons. The average Bonchev–Trinajstić information content (AvgIpc) is 3.11. The van der Waals surface area contributed by atoms with Crippen molar-refractivity contribution < 1.29 is 17.4 Å². The monoisotopic (exact) mass is 384 g/mol. The Kier molecular flexibility index (Phi) is 5.91. The van der Waals surface area contributed by atoms with Gasteiger partial charge in [-0.05, 0) is 31.9 Å². The summed E-state index contributed by atoms with van der Waals surface area (Å²) in [5.74, 6) is 0.964. The average molecular weight is 385 g/mol. The zero-order valence-corrected chi connectivity index (χ0v) is 15.9. The highest BCUT2D eigenvalue weighted by molar-refractivity contribution is 8.00. The van der Waals surface area contributed by atoms with Crippen LogP contribution < -0.4 is 10.6 Å². The summed E-state index contributed by atoms with van der Waals surface area (Å²) in [7, 11) is -3.66. The van der Waals surface area contributed by atoms with Crippen LogP contribution in [0.2, 0.25) is 0 Å². The second-order valence-electron chi connectivity index (χ2n) is 6.56. The van der Waals surface area contributed by atoms with E-state index in [0.717, 1.165) is 30.6 Å². The van der Waals surface area contributed by atoms with Crippen molar-refractivity contribution in [2.45, 2.75) is 54.8 Å². The summed E-state index contributed by atoms with van der Waals surface area (Å²) in [6.07, 6.45) is 3.66. The number of amides is 2. The zero-order chi connectivity index (χ0) is 17.9. The quantitative estimate of drug-likeness (QED) is 0.408. The fourth-order valence-electron chi connectivity index (χ4n) is 3.21. The molecule has 2 aliphatic heterocycles. The number of rotatable bonds is 8. The standard InChI is InChI=1S/C17H24N2O4S2/c1-12-6-8-13(9-7-12)25(21,22)23-10-4-2-3-5-15-16-14(11-24-15)18-17(20)19-16/h6-9,14-16H,2-5,10-11H2,1H3,(H2,18,19,20). The highest BCUT2D eigenvalue weighted by Gasteiger charge is 2.42. The number of unbranched alkanes of at least 4 members (excludes halogenated alkanes) is 2. The minimum absolute atomic E-state index is 0.0602. The van der Waals surface area contributed by atoms with Crippen LogP contribution in [0.5, 0.6) is 0 Å². The van der Waals surface area contributed by atoms with Crippen LogP contribution in [0.1, 0.15) is 31.2 Å². The summed E-state index contributed by atoms with van der Waals surface area (Å²) < 4.78 is 29.2. The predicted octanol–water partition coefficient (Wildman–Crippen LogP) is 2.43. The molecule has 1 aromatic carbocycles. The predicted molar refractivity (Wildman–Crippen MR) is 98.3 cm³/mol. The van der Waals surface area contributed by atoms with Crippen LogP contribution in [-0.2, 0) is 14.3 Å². The van der Waals surface area contributed by atoms with Gasteiger partial charge in [-0.2, -0.15) is 20.2 Å². The SMILES string of the molecule is Cc1ccc(S(=O)(=O)OCCCCCC2SCC3NC(=O)NC32)cc1. The van der Waals surface area contributed by atoms with Crippen molar-refractivity contribution in [3.05, 3.63) is 29.8 Å². The van der Waals surface area contributed by atoms with Gasteiger partial charge in [-0.1, -0.05) is 30.5 Å². The van der Waals surface area contributed by atoms with Gasteiger partial charge in [0.1, 0.15) is 0 Å². The van der Waals surface area contributed by atoms with Crippen LogP contribution in [0.15, 0.2) is 29.2 Å². The summed E-state index contributed by atoms with van der Waals surface area (Å²) in [5, 5.41) is 6.37. The van der Waals surface area contributed by atoms with Crippen molar-refractivity contribution in [2.24, 2.45) is 0 Å². The van der Waals surface area contributed by atoms with Crippen molar-refractivity contribution >= 4 is 27.9 Å². The smallest absolute Gasteiger partial charge is 0.315 e. The summed E-state index contributed by atoms with van der Waals surface area (Å²) >= 11 is 1.90. The first-order chi connectivity index (χ1) is 12.0. The maximum Gasteiger partial charge on any atom is 0.315 e. The maximum absolute atomic E-state index is 12.1. The number of benzene rings is 1. The third-order valence-electron chi connectivity index (χ3n) is 4.62. The Morgan fingerprint density at radius 1 is 1.16 bits per heavy atom. The molecule has 2 aliphatic rings. The molecule has 8 heteroatoms. The Labute approximate surface area is 153 Å². The Balaban J connectivity index is 1.34. The second-order valence-corrected chi connectivity index (χ2v) is 9.45. The summed E-state index contributed by atoms with van der Waals surface area (Å²) in [5.41, 5.74) is 1.01. The molecule has 2 heterocycles.